The highest BCUT2D eigenvalue weighted by molar-refractivity contribution is 6.77. The molecule has 1 fully saturated rings. The van der Waals surface area contributed by atoms with Gasteiger partial charge in [0.05, 0.1) is 7.11 Å². The van der Waals surface area contributed by atoms with Gasteiger partial charge < -0.3 is 4.43 Å². The van der Waals surface area contributed by atoms with Crippen molar-refractivity contribution in [3.8, 4) is 0 Å². The molecule has 0 aromatic heterocycles. The molecule has 5 nitrogen and oxygen atoms in total. The van der Waals surface area contributed by atoms with Crippen LogP contribution in [0.1, 0.15) is 67.2 Å². The molecule has 1 saturated heterocycles. The van der Waals surface area contributed by atoms with Gasteiger partial charge in [-0.2, -0.15) is 0 Å². The summed E-state index contributed by atoms with van der Waals surface area (Å²) in [6.45, 7) is 13.3. The van der Waals surface area contributed by atoms with Gasteiger partial charge in [0.1, 0.15) is 11.6 Å². The molecule has 2 rings (SSSR count). The largest absolute Gasteiger partial charge is 0.404 e. The first-order valence-corrected chi connectivity index (χ1v) is 12.0. The van der Waals surface area contributed by atoms with Gasteiger partial charge in [-0.1, -0.05) is 47.6 Å². The Balaban J connectivity index is 2.32. The Hall–Kier alpha value is -0.983. The van der Waals surface area contributed by atoms with E-state index in [9.17, 15) is 9.59 Å². The van der Waals surface area contributed by atoms with Crippen molar-refractivity contribution in [2.24, 2.45) is 0 Å². The lowest BCUT2D eigenvalue weighted by atomic mass is 9.77. The van der Waals surface area contributed by atoms with E-state index in [-0.39, 0.29) is 11.7 Å². The van der Waals surface area contributed by atoms with Gasteiger partial charge in [0.15, 0.2) is 5.78 Å². The van der Waals surface area contributed by atoms with Gasteiger partial charge >= 0.3 is 0 Å². The molecule has 0 aromatic rings. The predicted molar refractivity (Wildman–Crippen MR) is 105 cm³/mol. The average Bonchev–Trinajstić information content (AvgIpc) is 2.56. The number of allylic oxidation sites excluding steroid dienone is 1. The zero-order valence-electron chi connectivity index (χ0n) is 17.4. The second-order valence-electron chi connectivity index (χ2n) is 8.61. The second kappa shape index (κ2) is 7.95. The van der Waals surface area contributed by atoms with Crippen LogP contribution in [-0.4, -0.2) is 43.8 Å². The summed E-state index contributed by atoms with van der Waals surface area (Å²) in [6, 6.07) is 0. The van der Waals surface area contributed by atoms with Gasteiger partial charge in [-0.3, -0.25) is 14.4 Å². The fraction of sp³-hybridized carbons (Fsp3) is 0.800. The van der Waals surface area contributed by atoms with Gasteiger partial charge in [0.25, 0.3) is 5.91 Å². The summed E-state index contributed by atoms with van der Waals surface area (Å²) in [7, 11) is -0.701. The van der Waals surface area contributed by atoms with Gasteiger partial charge in [-0.05, 0) is 48.4 Å². The topological polar surface area (TPSA) is 55.8 Å². The van der Waals surface area contributed by atoms with Crippen LogP contribution in [0.5, 0.6) is 0 Å². The number of amides is 1. The highest BCUT2D eigenvalue weighted by Gasteiger charge is 2.55. The minimum atomic E-state index is -2.18. The summed E-state index contributed by atoms with van der Waals surface area (Å²) in [4.78, 5) is 31.3. The van der Waals surface area contributed by atoms with E-state index in [0.717, 1.165) is 6.42 Å². The third-order valence-electron chi connectivity index (χ3n) is 6.37. The Bertz CT molecular complexity index is 550. The van der Waals surface area contributed by atoms with Crippen LogP contribution < -0.4 is 0 Å². The molecule has 0 N–H and O–H groups in total. The van der Waals surface area contributed by atoms with Crippen LogP contribution >= 0.6 is 0 Å². The molecular weight excluding hydrogens is 346 g/mol. The molecule has 0 unspecified atom stereocenters. The van der Waals surface area contributed by atoms with Gasteiger partial charge in [0, 0.05) is 0 Å². The molecule has 148 valence electrons. The Morgan fingerprint density at radius 2 is 1.65 bits per heavy atom. The quantitative estimate of drug-likeness (QED) is 0.640. The Morgan fingerprint density at radius 3 is 2.12 bits per heavy atom. The van der Waals surface area contributed by atoms with E-state index in [1.165, 1.54) is 12.2 Å². The summed E-state index contributed by atoms with van der Waals surface area (Å²) in [6.07, 6.45) is 5.54. The minimum Gasteiger partial charge on any atom is -0.404 e. The van der Waals surface area contributed by atoms with Crippen LogP contribution in [0.2, 0.25) is 16.6 Å². The SMILES string of the molecule is CON1C(=O)[C@H](O[Si](C(C)C)(C(C)C)C(C)C)CC[C@]12CCC=CC2=O. The molecule has 1 aliphatic carbocycles. The van der Waals surface area contributed by atoms with Crippen molar-refractivity contribution in [1.82, 2.24) is 5.06 Å². The number of rotatable bonds is 6. The molecule has 0 aromatic carbocycles. The zero-order chi connectivity index (χ0) is 19.7. The number of ketones is 1. The van der Waals surface area contributed by atoms with Crippen molar-refractivity contribution in [3.63, 3.8) is 0 Å². The fourth-order valence-corrected chi connectivity index (χ4v) is 10.7. The second-order valence-corrected chi connectivity index (χ2v) is 14.0. The molecule has 0 radical (unpaired) electrons. The lowest BCUT2D eigenvalue weighted by Crippen LogP contribution is -2.64. The molecule has 1 amide bonds. The van der Waals surface area contributed by atoms with Crippen molar-refractivity contribution in [1.29, 1.82) is 0 Å². The van der Waals surface area contributed by atoms with Gasteiger partial charge in [0.2, 0.25) is 8.32 Å². The highest BCUT2D eigenvalue weighted by atomic mass is 28.4. The number of nitrogens with zero attached hydrogens (tertiary/aromatic N) is 1. The molecule has 6 heteroatoms. The van der Waals surface area contributed by atoms with Crippen molar-refractivity contribution in [2.45, 2.75) is 95.5 Å². The van der Waals surface area contributed by atoms with E-state index in [1.54, 1.807) is 6.08 Å². The van der Waals surface area contributed by atoms with Crippen LogP contribution in [0.3, 0.4) is 0 Å². The lowest BCUT2D eigenvalue weighted by Gasteiger charge is -2.50. The molecule has 0 saturated carbocycles. The zero-order valence-corrected chi connectivity index (χ0v) is 18.4. The molecule has 2 aliphatic rings. The van der Waals surface area contributed by atoms with Crippen LogP contribution in [0.4, 0.5) is 0 Å². The fourth-order valence-electron chi connectivity index (χ4n) is 5.21. The van der Waals surface area contributed by atoms with Crippen molar-refractivity contribution >= 4 is 20.0 Å². The van der Waals surface area contributed by atoms with Crippen molar-refractivity contribution < 1.29 is 18.9 Å². The summed E-state index contributed by atoms with van der Waals surface area (Å²) in [5, 5.41) is 1.33. The Labute approximate surface area is 159 Å². The van der Waals surface area contributed by atoms with E-state index in [0.29, 0.717) is 35.9 Å². The van der Waals surface area contributed by atoms with Crippen LogP contribution in [0, 0.1) is 0 Å². The number of piperidine rings is 1. The third-order valence-corrected chi connectivity index (χ3v) is 12.5. The molecule has 0 bridgehead atoms. The summed E-state index contributed by atoms with van der Waals surface area (Å²) >= 11 is 0. The number of hydrogen-bond donors (Lipinski definition) is 0. The molecule has 2 atom stereocenters. The Kier molecular flexibility index (Phi) is 6.51. The highest BCUT2D eigenvalue weighted by Crippen LogP contribution is 2.45. The van der Waals surface area contributed by atoms with Gasteiger partial charge in [-0.15, -0.1) is 0 Å². The first-order chi connectivity index (χ1) is 12.1. The van der Waals surface area contributed by atoms with Crippen molar-refractivity contribution in [3.05, 3.63) is 12.2 Å². The minimum absolute atomic E-state index is 0.0301. The van der Waals surface area contributed by atoms with E-state index < -0.39 is 20.0 Å². The van der Waals surface area contributed by atoms with E-state index in [2.05, 4.69) is 41.5 Å². The van der Waals surface area contributed by atoms with Crippen LogP contribution in [0.15, 0.2) is 12.2 Å². The molecule has 1 heterocycles. The summed E-state index contributed by atoms with van der Waals surface area (Å²) < 4.78 is 6.72. The number of hydrogen-bond acceptors (Lipinski definition) is 4. The number of carbonyl (C=O) groups excluding carboxylic acids is 2. The summed E-state index contributed by atoms with van der Waals surface area (Å²) in [5.41, 5.74) is 0.363. The maximum Gasteiger partial charge on any atom is 0.274 e. The maximum absolute atomic E-state index is 13.2. The predicted octanol–water partition coefficient (Wildman–Crippen LogP) is 4.39. The monoisotopic (exact) mass is 381 g/mol. The molecule has 1 aliphatic heterocycles. The number of carbonyl (C=O) groups is 2. The van der Waals surface area contributed by atoms with E-state index >= 15 is 0 Å². The van der Waals surface area contributed by atoms with E-state index in [4.69, 9.17) is 9.26 Å². The normalized spacial score (nSPS) is 27.5. The lowest BCUT2D eigenvalue weighted by molar-refractivity contribution is -0.227. The molecular formula is C20H35NO4Si. The molecule has 1 spiro atoms. The standard InChI is InChI=1S/C20H35NO4Si/c1-14(2)26(15(3)4,16(5)6)25-17-11-13-20(21(24-7)19(17)23)12-9-8-10-18(20)22/h8,10,14-17H,9,11-13H2,1-7H3/t17-,20+/m1/s1. The molecule has 26 heavy (non-hydrogen) atoms. The third kappa shape index (κ3) is 3.31. The average molecular weight is 382 g/mol. The first-order valence-electron chi connectivity index (χ1n) is 9.90. The van der Waals surface area contributed by atoms with Crippen LogP contribution in [0.25, 0.3) is 0 Å². The van der Waals surface area contributed by atoms with Gasteiger partial charge in [-0.25, -0.2) is 5.06 Å². The van der Waals surface area contributed by atoms with E-state index in [1.807, 2.05) is 6.08 Å². The maximum atomic E-state index is 13.2. The Morgan fingerprint density at radius 1 is 1.08 bits per heavy atom. The number of hydroxylamine groups is 2. The smallest absolute Gasteiger partial charge is 0.274 e. The summed E-state index contributed by atoms with van der Waals surface area (Å²) in [5.74, 6) is -0.223. The van der Waals surface area contributed by atoms with Crippen LogP contribution in [-0.2, 0) is 18.9 Å². The first kappa shape index (κ1) is 21.3. The van der Waals surface area contributed by atoms with Crippen molar-refractivity contribution in [2.75, 3.05) is 7.11 Å².